The van der Waals surface area contributed by atoms with Crippen LogP contribution >= 0.6 is 0 Å². The summed E-state index contributed by atoms with van der Waals surface area (Å²) in [7, 11) is 0. The van der Waals surface area contributed by atoms with Crippen molar-refractivity contribution in [3.05, 3.63) is 0 Å². The van der Waals surface area contributed by atoms with Gasteiger partial charge < -0.3 is 20.3 Å². The van der Waals surface area contributed by atoms with E-state index in [0.29, 0.717) is 19.4 Å². The number of carbonyl (C=O) groups is 5. The van der Waals surface area contributed by atoms with Crippen LogP contribution in [0, 0.1) is 17.8 Å². The second-order valence-corrected chi connectivity index (χ2v) is 10.8. The number of alkyl carbamates (subject to hydrolysis) is 1. The van der Waals surface area contributed by atoms with Gasteiger partial charge in [-0.2, -0.15) is 0 Å². The highest BCUT2D eigenvalue weighted by atomic mass is 16.6. The van der Waals surface area contributed by atoms with Crippen LogP contribution in [0.1, 0.15) is 74.1 Å². The fourth-order valence-electron chi connectivity index (χ4n) is 3.91. The number of hydrogen-bond acceptors (Lipinski definition) is 6. The number of nitrogens with zero attached hydrogens (tertiary/aromatic N) is 1. The normalized spacial score (nSPS) is 20.4. The van der Waals surface area contributed by atoms with E-state index in [1.165, 1.54) is 4.90 Å². The Morgan fingerprint density at radius 3 is 1.94 bits per heavy atom. The molecule has 3 atom stereocenters. The summed E-state index contributed by atoms with van der Waals surface area (Å²) in [4.78, 5) is 65.1. The molecule has 9 nitrogen and oxygen atoms in total. The largest absolute Gasteiger partial charge is 0.444 e. The van der Waals surface area contributed by atoms with E-state index in [4.69, 9.17) is 4.74 Å². The molecule has 0 radical (unpaired) electrons. The maximum atomic E-state index is 13.3. The number of carbonyl (C=O) groups excluding carboxylic acids is 5. The van der Waals surface area contributed by atoms with Gasteiger partial charge in [-0.05, 0) is 58.3 Å². The molecule has 2 fully saturated rings. The van der Waals surface area contributed by atoms with E-state index in [-0.39, 0.29) is 23.7 Å². The number of ether oxygens (including phenoxy) is 1. The summed E-state index contributed by atoms with van der Waals surface area (Å²) in [6, 6.07) is -2.53. The summed E-state index contributed by atoms with van der Waals surface area (Å²) in [5.41, 5.74) is -0.707. The molecule has 2 aliphatic rings. The Balaban J connectivity index is 2.10. The zero-order valence-corrected chi connectivity index (χ0v) is 20.9. The van der Waals surface area contributed by atoms with Crippen molar-refractivity contribution in [2.24, 2.45) is 17.8 Å². The SMILES string of the molecule is CC(C)C(NC(=O)[C@@H]1CCCN1C(=O)[C@@H](NC(=O)OC(C)(C)C)C(C)C)C(=O)C(=O)C1CC1. The maximum absolute atomic E-state index is 13.3. The van der Waals surface area contributed by atoms with Gasteiger partial charge in [0, 0.05) is 12.5 Å². The Kier molecular flexibility index (Phi) is 8.65. The monoisotopic (exact) mass is 465 g/mol. The third-order valence-corrected chi connectivity index (χ3v) is 5.88. The van der Waals surface area contributed by atoms with Crippen LogP contribution in [0.25, 0.3) is 0 Å². The Morgan fingerprint density at radius 1 is 0.879 bits per heavy atom. The lowest BCUT2D eigenvalue weighted by molar-refractivity contribution is -0.143. The summed E-state index contributed by atoms with van der Waals surface area (Å²) in [6.07, 6.45) is 1.82. The molecule has 2 rings (SSSR count). The third kappa shape index (κ3) is 7.27. The van der Waals surface area contributed by atoms with Gasteiger partial charge in [0.05, 0.1) is 6.04 Å². The van der Waals surface area contributed by atoms with Gasteiger partial charge >= 0.3 is 6.09 Å². The van der Waals surface area contributed by atoms with E-state index in [1.54, 1.807) is 34.6 Å². The van der Waals surface area contributed by atoms with Crippen molar-refractivity contribution < 1.29 is 28.7 Å². The molecule has 1 aliphatic heterocycles. The molecule has 0 bridgehead atoms. The number of rotatable bonds is 9. The molecule has 0 aromatic heterocycles. The Morgan fingerprint density at radius 2 is 1.45 bits per heavy atom. The number of Topliss-reactive ketones (excluding diaryl/α,β-unsaturated/α-hetero) is 2. The molecule has 1 unspecified atom stereocenters. The minimum absolute atomic E-state index is 0.217. The van der Waals surface area contributed by atoms with Gasteiger partial charge in [0.25, 0.3) is 0 Å². The van der Waals surface area contributed by atoms with E-state index < -0.39 is 47.3 Å². The zero-order valence-electron chi connectivity index (χ0n) is 20.9. The molecule has 186 valence electrons. The first-order valence-corrected chi connectivity index (χ1v) is 11.9. The van der Waals surface area contributed by atoms with Gasteiger partial charge in [0.2, 0.25) is 23.4 Å². The quantitative estimate of drug-likeness (QED) is 0.504. The average molecular weight is 466 g/mol. The van der Waals surface area contributed by atoms with E-state index in [0.717, 1.165) is 12.8 Å². The zero-order chi connectivity index (χ0) is 25.1. The van der Waals surface area contributed by atoms with Crippen LogP contribution in [0.2, 0.25) is 0 Å². The van der Waals surface area contributed by atoms with Crippen LogP contribution in [0.15, 0.2) is 0 Å². The lowest BCUT2D eigenvalue weighted by Gasteiger charge is -2.32. The highest BCUT2D eigenvalue weighted by molar-refractivity contribution is 6.40. The number of likely N-dealkylation sites (tertiary alicyclic amines) is 1. The van der Waals surface area contributed by atoms with Gasteiger partial charge in [-0.1, -0.05) is 27.7 Å². The summed E-state index contributed by atoms with van der Waals surface area (Å²) < 4.78 is 5.29. The van der Waals surface area contributed by atoms with E-state index in [1.807, 2.05) is 13.8 Å². The molecular formula is C24H39N3O6. The van der Waals surface area contributed by atoms with Crippen LogP contribution < -0.4 is 10.6 Å². The molecule has 2 N–H and O–H groups in total. The predicted octanol–water partition coefficient (Wildman–Crippen LogP) is 2.22. The molecule has 33 heavy (non-hydrogen) atoms. The van der Waals surface area contributed by atoms with Crippen LogP contribution in [-0.4, -0.2) is 64.6 Å². The number of amides is 3. The molecule has 0 aromatic carbocycles. The maximum Gasteiger partial charge on any atom is 0.408 e. The Labute approximate surface area is 196 Å². The molecule has 9 heteroatoms. The van der Waals surface area contributed by atoms with Crippen molar-refractivity contribution in [1.82, 2.24) is 15.5 Å². The fraction of sp³-hybridized carbons (Fsp3) is 0.792. The summed E-state index contributed by atoms with van der Waals surface area (Å²) >= 11 is 0. The molecule has 1 saturated heterocycles. The van der Waals surface area contributed by atoms with Crippen LogP contribution in [0.5, 0.6) is 0 Å². The molecule has 1 heterocycles. The highest BCUT2D eigenvalue weighted by Gasteiger charge is 2.42. The van der Waals surface area contributed by atoms with E-state index in [9.17, 15) is 24.0 Å². The fourth-order valence-corrected chi connectivity index (χ4v) is 3.91. The number of nitrogens with one attached hydrogen (secondary N) is 2. The van der Waals surface area contributed by atoms with Crippen LogP contribution in [0.4, 0.5) is 4.79 Å². The Hall–Kier alpha value is -2.45. The standard InChI is InChI=1S/C24H39N3O6/c1-13(2)17(20(29)19(28)15-10-11-15)25-21(30)16-9-8-12-27(16)22(31)18(14(3)4)26-23(32)33-24(5,6)7/h13-18H,8-12H2,1-7H3,(H,25,30)(H,26,32)/t16-,17?,18-/m0/s1. The molecule has 0 aromatic rings. The first-order chi connectivity index (χ1) is 15.2. The first-order valence-electron chi connectivity index (χ1n) is 11.9. The molecule has 1 aliphatic carbocycles. The lowest BCUT2D eigenvalue weighted by Crippen LogP contribution is -2.57. The van der Waals surface area contributed by atoms with Gasteiger partial charge in [0.15, 0.2) is 0 Å². The summed E-state index contributed by atoms with van der Waals surface area (Å²) in [6.45, 7) is 12.8. The van der Waals surface area contributed by atoms with Gasteiger partial charge in [0.1, 0.15) is 17.7 Å². The van der Waals surface area contributed by atoms with Gasteiger partial charge in [-0.15, -0.1) is 0 Å². The lowest BCUT2D eigenvalue weighted by atomic mass is 9.95. The second-order valence-electron chi connectivity index (χ2n) is 10.8. The van der Waals surface area contributed by atoms with Gasteiger partial charge in [-0.3, -0.25) is 19.2 Å². The first kappa shape index (κ1) is 26.8. The topological polar surface area (TPSA) is 122 Å². The number of ketones is 2. The van der Waals surface area contributed by atoms with Crippen molar-refractivity contribution >= 4 is 29.5 Å². The van der Waals surface area contributed by atoms with E-state index >= 15 is 0 Å². The summed E-state index contributed by atoms with van der Waals surface area (Å²) in [5, 5.41) is 5.37. The van der Waals surface area contributed by atoms with Crippen LogP contribution in [-0.2, 0) is 23.9 Å². The minimum atomic E-state index is -0.913. The van der Waals surface area contributed by atoms with Crippen molar-refractivity contribution in [1.29, 1.82) is 0 Å². The molecular weight excluding hydrogens is 426 g/mol. The molecule has 1 saturated carbocycles. The van der Waals surface area contributed by atoms with Crippen molar-refractivity contribution in [2.45, 2.75) is 97.9 Å². The smallest absolute Gasteiger partial charge is 0.408 e. The second kappa shape index (κ2) is 10.7. The average Bonchev–Trinajstić information content (AvgIpc) is 3.42. The molecule has 0 spiro atoms. The van der Waals surface area contributed by atoms with Crippen molar-refractivity contribution in [2.75, 3.05) is 6.54 Å². The Bertz CT molecular complexity index is 782. The highest BCUT2D eigenvalue weighted by Crippen LogP contribution is 2.31. The van der Waals surface area contributed by atoms with Gasteiger partial charge in [-0.25, -0.2) is 4.79 Å². The van der Waals surface area contributed by atoms with Crippen molar-refractivity contribution in [3.8, 4) is 0 Å². The van der Waals surface area contributed by atoms with Crippen LogP contribution in [0.3, 0.4) is 0 Å². The van der Waals surface area contributed by atoms with E-state index in [2.05, 4.69) is 10.6 Å². The predicted molar refractivity (Wildman–Crippen MR) is 122 cm³/mol. The third-order valence-electron chi connectivity index (χ3n) is 5.88. The van der Waals surface area contributed by atoms with Crippen molar-refractivity contribution in [3.63, 3.8) is 0 Å². The molecule has 3 amide bonds. The summed E-state index contributed by atoms with van der Waals surface area (Å²) in [5.74, 6) is -2.50. The number of hydrogen-bond donors (Lipinski definition) is 2. The minimum Gasteiger partial charge on any atom is -0.444 e.